The number of carbonyl (C=O) groups excluding carboxylic acids is 3. The molecule has 0 aromatic carbocycles. The molecule has 22 heavy (non-hydrogen) atoms. The van der Waals surface area contributed by atoms with Crippen molar-refractivity contribution in [3.8, 4) is 0 Å². The minimum absolute atomic E-state index is 0.134. The Labute approximate surface area is 129 Å². The number of rotatable bonds is 4. The van der Waals surface area contributed by atoms with E-state index >= 15 is 0 Å². The molecule has 0 N–H and O–H groups in total. The molecule has 0 radical (unpaired) electrons. The number of cyclic esters (lactones) is 2. The predicted molar refractivity (Wildman–Crippen MR) is 76.5 cm³/mol. The molecule has 0 aromatic heterocycles. The third-order valence-corrected chi connectivity index (χ3v) is 4.00. The third kappa shape index (κ3) is 3.00. The van der Waals surface area contributed by atoms with Gasteiger partial charge in [-0.3, -0.25) is 9.59 Å². The number of hydrogen-bond donors (Lipinski definition) is 0. The van der Waals surface area contributed by atoms with Crippen LogP contribution in [0.2, 0.25) is 0 Å². The molecule has 0 atom stereocenters. The Balaban J connectivity index is 2.24. The molecule has 1 saturated heterocycles. The molecule has 0 bridgehead atoms. The molecule has 0 unspecified atom stereocenters. The van der Waals surface area contributed by atoms with Gasteiger partial charge in [-0.25, -0.2) is 4.79 Å². The fraction of sp³-hybridized carbons (Fsp3) is 0.688. The van der Waals surface area contributed by atoms with Gasteiger partial charge in [-0.15, -0.1) is 0 Å². The lowest BCUT2D eigenvalue weighted by molar-refractivity contribution is -0.249. The van der Waals surface area contributed by atoms with Gasteiger partial charge in [-0.05, 0) is 39.5 Å². The smallest absolute Gasteiger partial charge is 0.333 e. The van der Waals surface area contributed by atoms with Gasteiger partial charge in [0.05, 0.1) is 6.61 Å². The van der Waals surface area contributed by atoms with Crippen molar-refractivity contribution >= 4 is 17.9 Å². The zero-order valence-corrected chi connectivity index (χ0v) is 13.5. The van der Waals surface area contributed by atoms with E-state index in [1.54, 1.807) is 6.92 Å². The summed E-state index contributed by atoms with van der Waals surface area (Å²) in [5, 5.41) is 0. The number of esters is 3. The van der Waals surface area contributed by atoms with E-state index in [-0.39, 0.29) is 12.4 Å². The van der Waals surface area contributed by atoms with E-state index in [1.165, 1.54) is 20.8 Å². The molecular formula is C16H22O6. The summed E-state index contributed by atoms with van der Waals surface area (Å²) in [7, 11) is 0. The molecule has 0 saturated carbocycles. The lowest BCUT2D eigenvalue weighted by Gasteiger charge is -2.38. The Morgan fingerprint density at radius 1 is 1.14 bits per heavy atom. The highest BCUT2D eigenvalue weighted by Gasteiger charge is 2.53. The summed E-state index contributed by atoms with van der Waals surface area (Å²) in [6.07, 6.45) is 2.23. The molecular weight excluding hydrogens is 288 g/mol. The van der Waals surface area contributed by atoms with Crippen molar-refractivity contribution in [1.29, 1.82) is 0 Å². The van der Waals surface area contributed by atoms with Gasteiger partial charge >= 0.3 is 17.9 Å². The average Bonchev–Trinajstić information content (AvgIpc) is 2.84. The Morgan fingerprint density at radius 3 is 2.27 bits per heavy atom. The van der Waals surface area contributed by atoms with Crippen molar-refractivity contribution < 1.29 is 28.6 Å². The summed E-state index contributed by atoms with van der Waals surface area (Å²) < 4.78 is 15.4. The summed E-state index contributed by atoms with van der Waals surface area (Å²) in [5.74, 6) is -2.84. The van der Waals surface area contributed by atoms with Crippen molar-refractivity contribution in [2.75, 3.05) is 6.61 Å². The van der Waals surface area contributed by atoms with Gasteiger partial charge in [0.1, 0.15) is 0 Å². The zero-order valence-electron chi connectivity index (χ0n) is 13.5. The molecule has 6 nitrogen and oxygen atoms in total. The van der Waals surface area contributed by atoms with E-state index in [2.05, 4.69) is 0 Å². The van der Waals surface area contributed by atoms with Gasteiger partial charge in [-0.2, -0.15) is 0 Å². The molecule has 6 heteroatoms. The van der Waals surface area contributed by atoms with E-state index in [4.69, 9.17) is 14.2 Å². The molecule has 2 rings (SSSR count). The first-order valence-corrected chi connectivity index (χ1v) is 7.54. The van der Waals surface area contributed by atoms with Crippen molar-refractivity contribution in [2.24, 2.45) is 5.41 Å². The van der Waals surface area contributed by atoms with Crippen molar-refractivity contribution in [2.45, 2.75) is 59.2 Å². The lowest BCUT2D eigenvalue weighted by Crippen LogP contribution is -2.52. The maximum atomic E-state index is 12.3. The summed E-state index contributed by atoms with van der Waals surface area (Å²) in [6, 6.07) is 0. The summed E-state index contributed by atoms with van der Waals surface area (Å²) in [6.45, 7) is 6.57. The van der Waals surface area contributed by atoms with E-state index < -0.39 is 23.1 Å². The van der Waals surface area contributed by atoms with Crippen molar-refractivity contribution in [1.82, 2.24) is 0 Å². The van der Waals surface area contributed by atoms with E-state index in [9.17, 15) is 14.4 Å². The van der Waals surface area contributed by atoms with Crippen LogP contribution in [-0.4, -0.2) is 30.3 Å². The maximum Gasteiger partial charge on any atom is 0.333 e. The summed E-state index contributed by atoms with van der Waals surface area (Å²) >= 11 is 0. The van der Waals surface area contributed by atoms with Gasteiger partial charge in [0.2, 0.25) is 0 Å². The normalized spacial score (nSPS) is 23.1. The molecule has 1 aliphatic heterocycles. The van der Waals surface area contributed by atoms with E-state index in [0.29, 0.717) is 25.0 Å². The third-order valence-electron chi connectivity index (χ3n) is 4.00. The second-order valence-electron chi connectivity index (χ2n) is 6.34. The van der Waals surface area contributed by atoms with Crippen LogP contribution in [0.3, 0.4) is 0 Å². The standard InChI is InChI=1S/C16H22O6/c1-5-20-12(17)11-8-6-7-10(11)9-16(4)13(18)21-15(2,3)22-14(16)19/h5-9H2,1-4H3. The van der Waals surface area contributed by atoms with Crippen LogP contribution in [0.25, 0.3) is 0 Å². The fourth-order valence-corrected chi connectivity index (χ4v) is 2.81. The summed E-state index contributed by atoms with van der Waals surface area (Å²) in [5.41, 5.74) is -0.0458. The van der Waals surface area contributed by atoms with E-state index in [1.807, 2.05) is 0 Å². The molecule has 122 valence electrons. The highest BCUT2D eigenvalue weighted by atomic mass is 16.7. The topological polar surface area (TPSA) is 78.9 Å². The first-order valence-electron chi connectivity index (χ1n) is 7.54. The Morgan fingerprint density at radius 2 is 1.73 bits per heavy atom. The van der Waals surface area contributed by atoms with Crippen LogP contribution in [0.15, 0.2) is 11.1 Å². The first-order chi connectivity index (χ1) is 10.2. The van der Waals surface area contributed by atoms with Crippen molar-refractivity contribution in [3.05, 3.63) is 11.1 Å². The molecule has 0 spiro atoms. The van der Waals surface area contributed by atoms with Crippen LogP contribution in [0.1, 0.15) is 53.4 Å². The monoisotopic (exact) mass is 310 g/mol. The molecule has 1 fully saturated rings. The predicted octanol–water partition coefficient (Wildman–Crippen LogP) is 2.26. The van der Waals surface area contributed by atoms with E-state index in [0.717, 1.165) is 12.0 Å². The van der Waals surface area contributed by atoms with Crippen LogP contribution < -0.4 is 0 Å². The maximum absolute atomic E-state index is 12.3. The quantitative estimate of drug-likeness (QED) is 0.585. The second-order valence-corrected chi connectivity index (χ2v) is 6.34. The first kappa shape index (κ1) is 16.5. The van der Waals surface area contributed by atoms with Gasteiger partial charge in [0, 0.05) is 19.4 Å². The number of carbonyl (C=O) groups is 3. The van der Waals surface area contributed by atoms with Gasteiger partial charge in [0.25, 0.3) is 5.79 Å². The summed E-state index contributed by atoms with van der Waals surface area (Å²) in [4.78, 5) is 36.5. The number of hydrogen-bond acceptors (Lipinski definition) is 6. The highest BCUT2D eigenvalue weighted by molar-refractivity contribution is 6.02. The minimum Gasteiger partial charge on any atom is -0.463 e. The van der Waals surface area contributed by atoms with Gasteiger partial charge < -0.3 is 14.2 Å². The Kier molecular flexibility index (Phi) is 4.31. The molecule has 0 amide bonds. The highest BCUT2D eigenvalue weighted by Crippen LogP contribution is 2.41. The molecule has 1 aliphatic carbocycles. The fourth-order valence-electron chi connectivity index (χ4n) is 2.81. The lowest BCUT2D eigenvalue weighted by atomic mass is 9.81. The van der Waals surface area contributed by atoms with Crippen LogP contribution in [-0.2, 0) is 28.6 Å². The Hall–Kier alpha value is -1.85. The largest absolute Gasteiger partial charge is 0.463 e. The Bertz CT molecular complexity index is 523. The molecule has 2 aliphatic rings. The van der Waals surface area contributed by atoms with Gasteiger partial charge in [0.15, 0.2) is 5.41 Å². The zero-order chi connectivity index (χ0) is 16.5. The van der Waals surface area contributed by atoms with Crippen LogP contribution >= 0.6 is 0 Å². The van der Waals surface area contributed by atoms with Crippen LogP contribution in [0.4, 0.5) is 0 Å². The van der Waals surface area contributed by atoms with Gasteiger partial charge in [-0.1, -0.05) is 5.57 Å². The average molecular weight is 310 g/mol. The number of ether oxygens (including phenoxy) is 3. The minimum atomic E-state index is -1.41. The van der Waals surface area contributed by atoms with Crippen LogP contribution in [0, 0.1) is 5.41 Å². The van der Waals surface area contributed by atoms with Crippen molar-refractivity contribution in [3.63, 3.8) is 0 Å². The van der Waals surface area contributed by atoms with Crippen LogP contribution in [0.5, 0.6) is 0 Å². The molecule has 0 aromatic rings. The SMILES string of the molecule is CCOC(=O)C1=C(CC2(C)C(=O)OC(C)(C)OC2=O)CCC1. The second kappa shape index (κ2) is 5.74. The number of allylic oxidation sites excluding steroid dienone is 1. The molecule has 1 heterocycles.